The van der Waals surface area contributed by atoms with Crippen molar-refractivity contribution in [2.24, 2.45) is 0 Å². The Morgan fingerprint density at radius 3 is 2.41 bits per heavy atom. The lowest BCUT2D eigenvalue weighted by molar-refractivity contribution is -0.167. The molecule has 5 nitrogen and oxygen atoms in total. The first-order valence-corrected chi connectivity index (χ1v) is 7.62. The van der Waals surface area contributed by atoms with E-state index in [0.29, 0.717) is 10.8 Å². The third-order valence-electron chi connectivity index (χ3n) is 3.26. The van der Waals surface area contributed by atoms with Crippen molar-refractivity contribution in [1.29, 1.82) is 0 Å². The molecule has 0 radical (unpaired) electrons. The smallest absolute Gasteiger partial charge is 0.350 e. The average molecular weight is 326 g/mol. The van der Waals surface area contributed by atoms with Gasteiger partial charge in [-0.15, -0.1) is 0 Å². The molecule has 6 heteroatoms. The molecule has 1 atom stereocenters. The molecule has 2 rings (SSSR count). The minimum atomic E-state index is -1.21. The monoisotopic (exact) mass is 325 g/mol. The summed E-state index contributed by atoms with van der Waals surface area (Å²) in [6.07, 6.45) is 1.12. The van der Waals surface area contributed by atoms with Crippen LogP contribution in [0.2, 0.25) is 5.02 Å². The van der Waals surface area contributed by atoms with Gasteiger partial charge in [0.05, 0.1) is 0 Å². The van der Waals surface area contributed by atoms with E-state index in [0.717, 1.165) is 12.8 Å². The lowest BCUT2D eigenvalue weighted by Gasteiger charge is -2.26. The maximum atomic E-state index is 12.2. The van der Waals surface area contributed by atoms with Crippen molar-refractivity contribution < 1.29 is 19.1 Å². The maximum absolute atomic E-state index is 12.2. The molecule has 0 aromatic heterocycles. The molecule has 1 aliphatic carbocycles. The Labute approximate surface area is 134 Å². The molecule has 1 aromatic carbocycles. The fraction of sp³-hybridized carbons (Fsp3) is 0.500. The second-order valence-electron chi connectivity index (χ2n) is 5.90. The highest BCUT2D eigenvalue weighted by Gasteiger charge is 2.35. The van der Waals surface area contributed by atoms with Gasteiger partial charge in [-0.05, 0) is 57.9 Å². The Morgan fingerprint density at radius 1 is 1.27 bits per heavy atom. The molecule has 1 saturated carbocycles. The lowest BCUT2D eigenvalue weighted by Crippen LogP contribution is -2.44. The van der Waals surface area contributed by atoms with E-state index in [1.807, 2.05) is 0 Å². The van der Waals surface area contributed by atoms with Gasteiger partial charge in [0.25, 0.3) is 5.91 Å². The highest BCUT2D eigenvalue weighted by Crippen LogP contribution is 2.22. The van der Waals surface area contributed by atoms with Crippen LogP contribution in [0.15, 0.2) is 24.3 Å². The predicted molar refractivity (Wildman–Crippen MR) is 82.9 cm³/mol. The first-order valence-electron chi connectivity index (χ1n) is 7.24. The van der Waals surface area contributed by atoms with Gasteiger partial charge in [0.1, 0.15) is 5.75 Å². The highest BCUT2D eigenvalue weighted by molar-refractivity contribution is 6.30. The number of hydrogen-bond acceptors (Lipinski definition) is 4. The molecule has 0 saturated heterocycles. The summed E-state index contributed by atoms with van der Waals surface area (Å²) in [7, 11) is 0. The molecular weight excluding hydrogens is 306 g/mol. The Balaban J connectivity index is 1.91. The molecular formula is C16H20ClNO4. The zero-order valence-electron chi connectivity index (χ0n) is 12.9. The highest BCUT2D eigenvalue weighted by atomic mass is 35.5. The summed E-state index contributed by atoms with van der Waals surface area (Å²) in [5.74, 6) is -0.375. The van der Waals surface area contributed by atoms with Gasteiger partial charge in [0.15, 0.2) is 11.7 Å². The second-order valence-corrected chi connectivity index (χ2v) is 6.33. The summed E-state index contributed by atoms with van der Waals surface area (Å²) in [6, 6.07) is 6.90. The number of carbonyl (C=O) groups excluding carboxylic acids is 2. The van der Waals surface area contributed by atoms with Crippen molar-refractivity contribution in [2.75, 3.05) is 0 Å². The Hall–Kier alpha value is -1.75. The second kappa shape index (κ2) is 6.57. The minimum Gasteiger partial charge on any atom is -0.476 e. The van der Waals surface area contributed by atoms with E-state index in [1.165, 1.54) is 0 Å². The zero-order chi connectivity index (χ0) is 16.3. The molecule has 22 heavy (non-hydrogen) atoms. The Bertz CT molecular complexity index is 552. The molecule has 1 aliphatic rings. The first-order chi connectivity index (χ1) is 10.3. The van der Waals surface area contributed by atoms with Gasteiger partial charge in [0, 0.05) is 11.1 Å². The molecule has 1 amide bonds. The number of nitrogens with one attached hydrogen (secondary N) is 1. The summed E-state index contributed by atoms with van der Waals surface area (Å²) < 4.78 is 10.8. The fourth-order valence-electron chi connectivity index (χ4n) is 1.74. The molecule has 0 heterocycles. The Morgan fingerprint density at radius 2 is 1.86 bits per heavy atom. The number of hydrogen-bond donors (Lipinski definition) is 1. The number of rotatable bonds is 6. The molecule has 0 unspecified atom stereocenters. The van der Waals surface area contributed by atoms with Crippen molar-refractivity contribution in [3.05, 3.63) is 29.3 Å². The predicted octanol–water partition coefficient (Wildman–Crippen LogP) is 2.71. The normalized spacial score (nSPS) is 15.8. The molecule has 0 aliphatic heterocycles. The van der Waals surface area contributed by atoms with Gasteiger partial charge in [0.2, 0.25) is 0 Å². The van der Waals surface area contributed by atoms with Crippen molar-refractivity contribution in [3.8, 4) is 5.75 Å². The third-order valence-corrected chi connectivity index (χ3v) is 3.51. The van der Waals surface area contributed by atoms with Crippen LogP contribution in [0.1, 0.15) is 33.6 Å². The van der Waals surface area contributed by atoms with Crippen LogP contribution in [-0.4, -0.2) is 29.6 Å². The van der Waals surface area contributed by atoms with Crippen molar-refractivity contribution in [3.63, 3.8) is 0 Å². The maximum Gasteiger partial charge on any atom is 0.350 e. The number of amides is 1. The molecule has 0 spiro atoms. The van der Waals surface area contributed by atoms with Crippen LogP contribution in [0, 0.1) is 0 Å². The van der Waals surface area contributed by atoms with Crippen LogP contribution in [0.3, 0.4) is 0 Å². The largest absolute Gasteiger partial charge is 0.476 e. The summed E-state index contributed by atoms with van der Waals surface area (Å²) >= 11 is 5.80. The van der Waals surface area contributed by atoms with E-state index in [1.54, 1.807) is 45.0 Å². The van der Waals surface area contributed by atoms with Crippen LogP contribution in [0.4, 0.5) is 0 Å². The van der Waals surface area contributed by atoms with Crippen molar-refractivity contribution in [2.45, 2.75) is 51.4 Å². The van der Waals surface area contributed by atoms with Crippen molar-refractivity contribution >= 4 is 23.5 Å². The molecule has 1 N–H and O–H groups in total. The summed E-state index contributed by atoms with van der Waals surface area (Å²) in [4.78, 5) is 24.0. The van der Waals surface area contributed by atoms with Crippen LogP contribution in [0.5, 0.6) is 5.75 Å². The standard InChI is InChI=1S/C16H20ClNO4/c1-10(14(19)18-12-6-7-12)21-15(20)16(2,3)22-13-8-4-11(17)5-9-13/h4-5,8-10,12H,6-7H2,1-3H3,(H,18,19)/t10-/m1/s1. The van der Waals surface area contributed by atoms with E-state index in [-0.39, 0.29) is 11.9 Å². The number of ether oxygens (including phenoxy) is 2. The summed E-state index contributed by atoms with van der Waals surface area (Å²) in [6.45, 7) is 4.74. The van der Waals surface area contributed by atoms with E-state index in [4.69, 9.17) is 21.1 Å². The number of esters is 1. The SMILES string of the molecule is C[C@@H](OC(=O)C(C)(C)Oc1ccc(Cl)cc1)C(=O)NC1CC1. The summed E-state index contributed by atoms with van der Waals surface area (Å²) in [5.41, 5.74) is -1.21. The third kappa shape index (κ3) is 4.63. The lowest BCUT2D eigenvalue weighted by atomic mass is 10.1. The number of halogens is 1. The van der Waals surface area contributed by atoms with Gasteiger partial charge in [-0.25, -0.2) is 4.79 Å². The van der Waals surface area contributed by atoms with Gasteiger partial charge in [-0.2, -0.15) is 0 Å². The molecule has 120 valence electrons. The molecule has 1 fully saturated rings. The van der Waals surface area contributed by atoms with Crippen LogP contribution < -0.4 is 10.1 Å². The van der Waals surface area contributed by atoms with Crippen molar-refractivity contribution in [1.82, 2.24) is 5.32 Å². The quantitative estimate of drug-likeness (QED) is 0.817. The first kappa shape index (κ1) is 16.6. The molecule has 0 bridgehead atoms. The van der Waals surface area contributed by atoms with Crippen LogP contribution in [-0.2, 0) is 14.3 Å². The number of carbonyl (C=O) groups is 2. The van der Waals surface area contributed by atoms with Gasteiger partial charge < -0.3 is 14.8 Å². The van der Waals surface area contributed by atoms with E-state index >= 15 is 0 Å². The van der Waals surface area contributed by atoms with Gasteiger partial charge >= 0.3 is 5.97 Å². The average Bonchev–Trinajstić information content (AvgIpc) is 3.25. The van der Waals surface area contributed by atoms with E-state index in [9.17, 15) is 9.59 Å². The zero-order valence-corrected chi connectivity index (χ0v) is 13.6. The van der Waals surface area contributed by atoms with Gasteiger partial charge in [-0.3, -0.25) is 4.79 Å². The van der Waals surface area contributed by atoms with Gasteiger partial charge in [-0.1, -0.05) is 11.6 Å². The van der Waals surface area contributed by atoms with E-state index < -0.39 is 17.7 Å². The topological polar surface area (TPSA) is 64.6 Å². The van der Waals surface area contributed by atoms with Crippen LogP contribution in [0.25, 0.3) is 0 Å². The summed E-state index contributed by atoms with van der Waals surface area (Å²) in [5, 5.41) is 3.38. The minimum absolute atomic E-state index is 0.229. The number of benzene rings is 1. The van der Waals surface area contributed by atoms with Crippen LogP contribution >= 0.6 is 11.6 Å². The molecule has 1 aromatic rings. The Kier molecular flexibility index (Phi) is 4.96. The fourth-order valence-corrected chi connectivity index (χ4v) is 1.87. The van der Waals surface area contributed by atoms with E-state index in [2.05, 4.69) is 5.32 Å².